The van der Waals surface area contributed by atoms with Gasteiger partial charge in [-0.1, -0.05) is 50.6 Å². The van der Waals surface area contributed by atoms with Gasteiger partial charge in [0.1, 0.15) is 6.04 Å². The molecule has 86 valence electrons. The number of carboxylic acids is 1. The van der Waals surface area contributed by atoms with Gasteiger partial charge in [-0.2, -0.15) is 0 Å². The minimum Gasteiger partial charge on any atom is -0.480 e. The number of aliphatic imine (C=N–C) groups is 1. The molecule has 0 radical (unpaired) electrons. The molecule has 0 saturated carbocycles. The minimum absolute atomic E-state index is 0.0532. The van der Waals surface area contributed by atoms with Crippen LogP contribution < -0.4 is 0 Å². The first-order valence-corrected chi connectivity index (χ1v) is 5.46. The van der Waals surface area contributed by atoms with Crippen molar-refractivity contribution >= 4 is 12.2 Å². The monoisotopic (exact) mass is 219 g/mol. The summed E-state index contributed by atoms with van der Waals surface area (Å²) in [5.41, 5.74) is 0.928. The van der Waals surface area contributed by atoms with E-state index in [2.05, 4.69) is 4.99 Å². The normalized spacial score (nSPS) is 14.9. The van der Waals surface area contributed by atoms with E-state index in [9.17, 15) is 4.79 Å². The molecule has 0 spiro atoms. The van der Waals surface area contributed by atoms with Crippen LogP contribution >= 0.6 is 0 Å². The number of carboxylic acid groups (broad SMARTS) is 1. The van der Waals surface area contributed by atoms with Gasteiger partial charge in [-0.3, -0.25) is 4.99 Å². The first-order valence-electron chi connectivity index (χ1n) is 5.46. The zero-order valence-corrected chi connectivity index (χ0v) is 9.63. The summed E-state index contributed by atoms with van der Waals surface area (Å²) < 4.78 is 0. The van der Waals surface area contributed by atoms with Crippen LogP contribution in [0.2, 0.25) is 0 Å². The van der Waals surface area contributed by atoms with Crippen molar-refractivity contribution in [2.45, 2.75) is 26.3 Å². The van der Waals surface area contributed by atoms with E-state index in [1.54, 1.807) is 6.21 Å². The molecule has 0 aliphatic heterocycles. The van der Waals surface area contributed by atoms with Crippen LogP contribution in [-0.2, 0) is 4.79 Å². The minimum atomic E-state index is -0.860. The van der Waals surface area contributed by atoms with Crippen LogP contribution in [0.15, 0.2) is 35.3 Å². The van der Waals surface area contributed by atoms with E-state index in [4.69, 9.17) is 5.11 Å². The molecule has 1 unspecified atom stereocenters. The van der Waals surface area contributed by atoms with Gasteiger partial charge < -0.3 is 5.11 Å². The largest absolute Gasteiger partial charge is 0.480 e. The summed E-state index contributed by atoms with van der Waals surface area (Å²) in [6.45, 7) is 3.87. The van der Waals surface area contributed by atoms with Gasteiger partial charge >= 0.3 is 5.97 Å². The van der Waals surface area contributed by atoms with E-state index in [-0.39, 0.29) is 5.92 Å². The number of rotatable bonds is 5. The lowest BCUT2D eigenvalue weighted by atomic mass is 10.00. The summed E-state index contributed by atoms with van der Waals surface area (Å²) in [5, 5.41) is 9.04. The molecule has 0 fully saturated rings. The van der Waals surface area contributed by atoms with Gasteiger partial charge in [-0.25, -0.2) is 4.79 Å². The second kappa shape index (κ2) is 6.05. The molecule has 3 nitrogen and oxygen atoms in total. The third-order valence-electron chi connectivity index (χ3n) is 2.62. The van der Waals surface area contributed by atoms with Crippen molar-refractivity contribution in [3.05, 3.63) is 35.9 Å². The molecule has 2 atom stereocenters. The molecule has 1 aromatic rings. The summed E-state index contributed by atoms with van der Waals surface area (Å²) in [7, 11) is 0. The van der Waals surface area contributed by atoms with Gasteiger partial charge in [0.15, 0.2) is 0 Å². The zero-order chi connectivity index (χ0) is 12.0. The second-order valence-corrected chi connectivity index (χ2v) is 3.86. The Balaban J connectivity index is 2.76. The molecular weight excluding hydrogens is 202 g/mol. The first-order chi connectivity index (χ1) is 7.65. The molecule has 0 saturated heterocycles. The van der Waals surface area contributed by atoms with Crippen LogP contribution in [0.4, 0.5) is 0 Å². The fourth-order valence-electron chi connectivity index (χ4n) is 1.38. The van der Waals surface area contributed by atoms with Crippen molar-refractivity contribution in [2.75, 3.05) is 0 Å². The molecule has 1 rings (SSSR count). The fourth-order valence-corrected chi connectivity index (χ4v) is 1.38. The molecule has 1 N–H and O–H groups in total. The van der Waals surface area contributed by atoms with E-state index >= 15 is 0 Å². The quantitative estimate of drug-likeness (QED) is 0.774. The average molecular weight is 219 g/mol. The van der Waals surface area contributed by atoms with Gasteiger partial charge in [-0.15, -0.1) is 0 Å². The van der Waals surface area contributed by atoms with Crippen molar-refractivity contribution in [1.29, 1.82) is 0 Å². The third-order valence-corrected chi connectivity index (χ3v) is 2.62. The number of nitrogens with zero attached hydrogens (tertiary/aromatic N) is 1. The molecule has 0 aliphatic rings. The Labute approximate surface area is 95.8 Å². The topological polar surface area (TPSA) is 49.7 Å². The van der Waals surface area contributed by atoms with Crippen molar-refractivity contribution in [1.82, 2.24) is 0 Å². The molecular formula is C13H17NO2. The van der Waals surface area contributed by atoms with Crippen LogP contribution in [0.3, 0.4) is 0 Å². The highest BCUT2D eigenvalue weighted by molar-refractivity contribution is 5.83. The van der Waals surface area contributed by atoms with E-state index in [0.717, 1.165) is 12.0 Å². The van der Waals surface area contributed by atoms with E-state index < -0.39 is 12.0 Å². The summed E-state index contributed by atoms with van der Waals surface area (Å²) in [4.78, 5) is 15.1. The van der Waals surface area contributed by atoms with Gasteiger partial charge in [0.2, 0.25) is 0 Å². The lowest BCUT2D eigenvalue weighted by molar-refractivity contribution is -0.139. The summed E-state index contributed by atoms with van der Waals surface area (Å²) >= 11 is 0. The number of benzene rings is 1. The Morgan fingerprint density at radius 2 is 2.06 bits per heavy atom. The van der Waals surface area contributed by atoms with Crippen LogP contribution in [0.5, 0.6) is 0 Å². The maximum absolute atomic E-state index is 11.0. The Morgan fingerprint density at radius 1 is 1.44 bits per heavy atom. The summed E-state index contributed by atoms with van der Waals surface area (Å²) in [6.07, 6.45) is 2.44. The van der Waals surface area contributed by atoms with Gasteiger partial charge in [-0.05, 0) is 11.5 Å². The van der Waals surface area contributed by atoms with E-state index in [1.807, 2.05) is 44.2 Å². The van der Waals surface area contributed by atoms with Crippen LogP contribution in [0.25, 0.3) is 0 Å². The molecule has 0 aromatic heterocycles. The highest BCUT2D eigenvalue weighted by atomic mass is 16.4. The van der Waals surface area contributed by atoms with E-state index in [1.165, 1.54) is 0 Å². The molecule has 0 bridgehead atoms. The molecule has 0 amide bonds. The Hall–Kier alpha value is -1.64. The van der Waals surface area contributed by atoms with Gasteiger partial charge in [0, 0.05) is 6.21 Å². The molecule has 3 heteroatoms. The van der Waals surface area contributed by atoms with Crippen molar-refractivity contribution in [3.8, 4) is 0 Å². The summed E-state index contributed by atoms with van der Waals surface area (Å²) in [6, 6.07) is 8.88. The number of carbonyl (C=O) groups is 1. The smallest absolute Gasteiger partial charge is 0.328 e. The Kier molecular flexibility index (Phi) is 4.70. The zero-order valence-electron chi connectivity index (χ0n) is 9.63. The SMILES string of the molecule is CCC(C)[C@H](N=Cc1ccccc1)C(=O)O. The lowest BCUT2D eigenvalue weighted by Crippen LogP contribution is -2.25. The van der Waals surface area contributed by atoms with Crippen molar-refractivity contribution in [2.24, 2.45) is 10.9 Å². The molecule has 0 heterocycles. The molecule has 0 aliphatic carbocycles. The van der Waals surface area contributed by atoms with Crippen LogP contribution in [0.1, 0.15) is 25.8 Å². The lowest BCUT2D eigenvalue weighted by Gasteiger charge is -2.13. The highest BCUT2D eigenvalue weighted by Crippen LogP contribution is 2.11. The molecule has 16 heavy (non-hydrogen) atoms. The van der Waals surface area contributed by atoms with Gasteiger partial charge in [0.05, 0.1) is 0 Å². The highest BCUT2D eigenvalue weighted by Gasteiger charge is 2.21. The van der Waals surface area contributed by atoms with Crippen LogP contribution in [0, 0.1) is 5.92 Å². The molecule has 1 aromatic carbocycles. The van der Waals surface area contributed by atoms with E-state index in [0.29, 0.717) is 0 Å². The predicted octanol–water partition coefficient (Wildman–Crippen LogP) is 2.60. The Morgan fingerprint density at radius 3 is 2.56 bits per heavy atom. The third kappa shape index (κ3) is 3.50. The maximum Gasteiger partial charge on any atom is 0.328 e. The maximum atomic E-state index is 11.0. The van der Waals surface area contributed by atoms with Crippen molar-refractivity contribution in [3.63, 3.8) is 0 Å². The number of aliphatic carboxylic acids is 1. The fraction of sp³-hybridized carbons (Fsp3) is 0.385. The number of hydrogen-bond donors (Lipinski definition) is 1. The van der Waals surface area contributed by atoms with Gasteiger partial charge in [0.25, 0.3) is 0 Å². The second-order valence-electron chi connectivity index (χ2n) is 3.86. The number of hydrogen-bond acceptors (Lipinski definition) is 2. The van der Waals surface area contributed by atoms with Crippen molar-refractivity contribution < 1.29 is 9.90 Å². The average Bonchev–Trinajstić information content (AvgIpc) is 2.30. The summed E-state index contributed by atoms with van der Waals surface area (Å²) in [5.74, 6) is -0.806. The standard InChI is InChI=1S/C13H17NO2/c1-3-10(2)12(13(15)16)14-9-11-7-5-4-6-8-11/h4-10,12H,3H2,1-2H3,(H,15,16)/t10?,12-/m0/s1. The Bertz CT molecular complexity index is 359. The predicted molar refractivity (Wildman–Crippen MR) is 64.9 cm³/mol. The van der Waals surface area contributed by atoms with Crippen LogP contribution in [-0.4, -0.2) is 23.3 Å². The first kappa shape index (κ1) is 12.4.